The fourth-order valence-corrected chi connectivity index (χ4v) is 3.00. The lowest BCUT2D eigenvalue weighted by Gasteiger charge is -2.41. The molecule has 0 spiro atoms. The first kappa shape index (κ1) is 12.2. The van der Waals surface area contributed by atoms with Gasteiger partial charge in [0.1, 0.15) is 0 Å². The lowest BCUT2D eigenvalue weighted by molar-refractivity contribution is -0.0554. The number of aromatic nitrogens is 2. The zero-order valence-corrected chi connectivity index (χ0v) is 11.6. The Balaban J connectivity index is 1.86. The molecule has 2 atom stereocenters. The minimum atomic E-state index is -0.301. The van der Waals surface area contributed by atoms with Gasteiger partial charge in [-0.2, -0.15) is 5.10 Å². The molecular weight excluding hydrogens is 227 g/mol. The third-order valence-corrected chi connectivity index (χ3v) is 4.94. The average molecular weight is 248 g/mol. The lowest BCUT2D eigenvalue weighted by Crippen LogP contribution is -2.50. The van der Waals surface area contributed by atoms with Crippen molar-refractivity contribution in [2.45, 2.75) is 51.7 Å². The largest absolute Gasteiger partial charge is 0.498 e. The van der Waals surface area contributed by atoms with E-state index in [-0.39, 0.29) is 18.3 Å². The van der Waals surface area contributed by atoms with Crippen LogP contribution < -0.4 is 5.46 Å². The van der Waals surface area contributed by atoms with Crippen molar-refractivity contribution in [3.8, 4) is 0 Å². The molecule has 2 unspecified atom stereocenters. The summed E-state index contributed by atoms with van der Waals surface area (Å²) in [6.07, 6.45) is 6.27. The van der Waals surface area contributed by atoms with Crippen LogP contribution in [0.2, 0.25) is 0 Å². The number of hydrogen-bond acceptors (Lipinski definition) is 3. The number of nitrogens with one attached hydrogen (secondary N) is 1. The van der Waals surface area contributed by atoms with Crippen LogP contribution in [0, 0.1) is 11.8 Å². The van der Waals surface area contributed by atoms with Crippen molar-refractivity contribution in [3.05, 3.63) is 12.4 Å². The van der Waals surface area contributed by atoms with Crippen LogP contribution in [0.4, 0.5) is 0 Å². The SMILES string of the molecule is CC(C1CC1)C1(C)OB(c2cn[nH]c2)OC1(C)C. The highest BCUT2D eigenvalue weighted by Crippen LogP contribution is 2.50. The van der Waals surface area contributed by atoms with Gasteiger partial charge in [-0.05, 0) is 45.4 Å². The van der Waals surface area contributed by atoms with E-state index in [1.165, 1.54) is 12.8 Å². The van der Waals surface area contributed by atoms with Gasteiger partial charge in [-0.1, -0.05) is 6.92 Å². The second-order valence-corrected chi connectivity index (χ2v) is 6.34. The normalized spacial score (nSPS) is 32.8. The van der Waals surface area contributed by atoms with Crippen molar-refractivity contribution >= 4 is 12.6 Å². The summed E-state index contributed by atoms with van der Waals surface area (Å²) in [6.45, 7) is 8.74. The summed E-state index contributed by atoms with van der Waals surface area (Å²) < 4.78 is 12.4. The van der Waals surface area contributed by atoms with Gasteiger partial charge < -0.3 is 9.31 Å². The summed E-state index contributed by atoms with van der Waals surface area (Å²) in [5.74, 6) is 1.31. The number of rotatable bonds is 3. The molecule has 1 aliphatic heterocycles. The van der Waals surface area contributed by atoms with Crippen molar-refractivity contribution < 1.29 is 9.31 Å². The Morgan fingerprint density at radius 1 is 1.39 bits per heavy atom. The van der Waals surface area contributed by atoms with Gasteiger partial charge in [-0.3, -0.25) is 5.10 Å². The van der Waals surface area contributed by atoms with Gasteiger partial charge in [0.15, 0.2) is 0 Å². The van der Waals surface area contributed by atoms with Crippen LogP contribution in [-0.2, 0) is 9.31 Å². The van der Waals surface area contributed by atoms with Crippen LogP contribution >= 0.6 is 0 Å². The van der Waals surface area contributed by atoms with Gasteiger partial charge in [0.25, 0.3) is 0 Å². The molecule has 2 heterocycles. The van der Waals surface area contributed by atoms with Gasteiger partial charge in [0.2, 0.25) is 0 Å². The van der Waals surface area contributed by atoms with E-state index in [9.17, 15) is 0 Å². The molecule has 1 saturated carbocycles. The van der Waals surface area contributed by atoms with Gasteiger partial charge in [0, 0.05) is 17.9 Å². The van der Waals surface area contributed by atoms with E-state index in [1.54, 1.807) is 6.20 Å². The Labute approximate surface area is 109 Å². The number of H-pyrrole nitrogens is 1. The summed E-state index contributed by atoms with van der Waals surface area (Å²) in [7, 11) is -0.301. The topological polar surface area (TPSA) is 47.1 Å². The van der Waals surface area contributed by atoms with Gasteiger partial charge in [-0.15, -0.1) is 0 Å². The van der Waals surface area contributed by atoms with Crippen LogP contribution in [0.25, 0.3) is 0 Å². The summed E-state index contributed by atoms with van der Waals surface area (Å²) in [6, 6.07) is 0. The predicted molar refractivity (Wildman–Crippen MR) is 70.5 cm³/mol. The van der Waals surface area contributed by atoms with E-state index < -0.39 is 0 Å². The standard InChI is InChI=1S/C13H21BN2O2/c1-9(10-5-6-10)13(4)12(2,3)17-14(18-13)11-7-15-16-8-11/h7-10H,5-6H2,1-4H3,(H,15,16). The first-order valence-corrected chi connectivity index (χ1v) is 6.78. The van der Waals surface area contributed by atoms with Crippen molar-refractivity contribution in [1.29, 1.82) is 0 Å². The van der Waals surface area contributed by atoms with E-state index in [0.717, 1.165) is 11.4 Å². The van der Waals surface area contributed by atoms with Crippen LogP contribution in [0.5, 0.6) is 0 Å². The molecule has 0 aromatic carbocycles. The van der Waals surface area contributed by atoms with Crippen molar-refractivity contribution in [2.75, 3.05) is 0 Å². The number of aromatic amines is 1. The molecule has 0 bridgehead atoms. The summed E-state index contributed by atoms with van der Waals surface area (Å²) in [5, 5.41) is 6.79. The molecule has 1 N–H and O–H groups in total. The molecule has 0 amide bonds. The molecular formula is C13H21BN2O2. The Morgan fingerprint density at radius 3 is 2.67 bits per heavy atom. The lowest BCUT2D eigenvalue weighted by atomic mass is 9.75. The monoisotopic (exact) mass is 248 g/mol. The Kier molecular flexibility index (Phi) is 2.61. The molecule has 98 valence electrons. The molecule has 1 saturated heterocycles. The van der Waals surface area contributed by atoms with E-state index in [2.05, 4.69) is 37.9 Å². The summed E-state index contributed by atoms with van der Waals surface area (Å²) in [4.78, 5) is 0. The Bertz CT molecular complexity index is 430. The highest BCUT2D eigenvalue weighted by molar-refractivity contribution is 6.61. The van der Waals surface area contributed by atoms with Gasteiger partial charge in [0.05, 0.1) is 11.2 Å². The summed E-state index contributed by atoms with van der Waals surface area (Å²) >= 11 is 0. The highest BCUT2D eigenvalue weighted by atomic mass is 16.7. The maximum absolute atomic E-state index is 6.29. The second-order valence-electron chi connectivity index (χ2n) is 6.34. The zero-order chi connectivity index (χ0) is 13.0. The second kappa shape index (κ2) is 3.84. The van der Waals surface area contributed by atoms with Crippen LogP contribution in [0.15, 0.2) is 12.4 Å². The first-order chi connectivity index (χ1) is 8.44. The molecule has 5 heteroatoms. The zero-order valence-electron chi connectivity index (χ0n) is 11.6. The number of hydrogen-bond donors (Lipinski definition) is 1. The molecule has 3 rings (SSSR count). The van der Waals surface area contributed by atoms with Crippen LogP contribution in [0.3, 0.4) is 0 Å². The van der Waals surface area contributed by atoms with Crippen molar-refractivity contribution in [3.63, 3.8) is 0 Å². The van der Waals surface area contributed by atoms with Crippen LogP contribution in [-0.4, -0.2) is 28.5 Å². The van der Waals surface area contributed by atoms with E-state index in [1.807, 2.05) is 6.20 Å². The average Bonchev–Trinajstić information content (AvgIpc) is 2.94. The number of nitrogens with zero attached hydrogens (tertiary/aromatic N) is 1. The van der Waals surface area contributed by atoms with Gasteiger partial charge >= 0.3 is 7.12 Å². The van der Waals surface area contributed by atoms with Crippen LogP contribution in [0.1, 0.15) is 40.5 Å². The highest BCUT2D eigenvalue weighted by Gasteiger charge is 2.59. The molecule has 18 heavy (non-hydrogen) atoms. The minimum absolute atomic E-state index is 0.240. The molecule has 1 aromatic heterocycles. The maximum Gasteiger partial charge on any atom is 0.498 e. The summed E-state index contributed by atoms with van der Waals surface area (Å²) in [5.41, 5.74) is 0.447. The molecule has 2 fully saturated rings. The first-order valence-electron chi connectivity index (χ1n) is 6.78. The minimum Gasteiger partial charge on any atom is -0.399 e. The van der Waals surface area contributed by atoms with Gasteiger partial charge in [-0.25, -0.2) is 0 Å². The molecule has 1 aromatic rings. The molecule has 0 radical (unpaired) electrons. The van der Waals surface area contributed by atoms with Crippen molar-refractivity contribution in [1.82, 2.24) is 10.2 Å². The Hall–Kier alpha value is -0.805. The Morgan fingerprint density at radius 2 is 2.11 bits per heavy atom. The fraction of sp³-hybridized carbons (Fsp3) is 0.769. The van der Waals surface area contributed by atoms with E-state index >= 15 is 0 Å². The molecule has 1 aliphatic carbocycles. The smallest absolute Gasteiger partial charge is 0.399 e. The predicted octanol–water partition coefficient (Wildman–Crippen LogP) is 1.74. The molecule has 2 aliphatic rings. The third-order valence-electron chi connectivity index (χ3n) is 4.94. The fourth-order valence-electron chi connectivity index (χ4n) is 3.00. The quantitative estimate of drug-likeness (QED) is 0.829. The van der Waals surface area contributed by atoms with E-state index in [4.69, 9.17) is 9.31 Å². The third kappa shape index (κ3) is 1.72. The molecule has 4 nitrogen and oxygen atoms in total. The maximum atomic E-state index is 6.29. The van der Waals surface area contributed by atoms with E-state index in [0.29, 0.717) is 5.92 Å². The van der Waals surface area contributed by atoms with Crippen molar-refractivity contribution in [2.24, 2.45) is 11.8 Å².